The molecule has 0 heterocycles. The molecule has 1 nitrogen and oxygen atoms in total. The molecule has 14 heavy (non-hydrogen) atoms. The Morgan fingerprint density at radius 1 is 0.786 bits per heavy atom. The topological polar surface area (TPSA) is 9.23 Å². The molecule has 0 aliphatic heterocycles. The van der Waals surface area contributed by atoms with Gasteiger partial charge < -0.3 is 4.74 Å². The van der Waals surface area contributed by atoms with E-state index in [1.807, 2.05) is 0 Å². The van der Waals surface area contributed by atoms with Crippen molar-refractivity contribution in [2.75, 3.05) is 18.5 Å². The standard InChI is InChI=1S/C12H25BrO/c1-2-3-4-5-6-7-8-9-11-14-12-10-13/h2-12H2,1H3. The monoisotopic (exact) mass is 264 g/mol. The Kier molecular flexibility index (Phi) is 13.9. The number of rotatable bonds is 11. The van der Waals surface area contributed by atoms with Crippen LogP contribution >= 0.6 is 15.9 Å². The van der Waals surface area contributed by atoms with Crippen molar-refractivity contribution in [2.24, 2.45) is 0 Å². The zero-order valence-electron chi connectivity index (χ0n) is 9.56. The summed E-state index contributed by atoms with van der Waals surface area (Å²) in [7, 11) is 0. The number of halogens is 1. The minimum Gasteiger partial charge on any atom is -0.381 e. The van der Waals surface area contributed by atoms with E-state index in [9.17, 15) is 0 Å². The van der Waals surface area contributed by atoms with E-state index in [-0.39, 0.29) is 0 Å². The smallest absolute Gasteiger partial charge is 0.0563 e. The van der Waals surface area contributed by atoms with Crippen LogP contribution in [0.15, 0.2) is 0 Å². The van der Waals surface area contributed by atoms with Crippen molar-refractivity contribution in [1.29, 1.82) is 0 Å². The van der Waals surface area contributed by atoms with Crippen molar-refractivity contribution in [3.63, 3.8) is 0 Å². The summed E-state index contributed by atoms with van der Waals surface area (Å²) in [4.78, 5) is 0. The molecule has 0 saturated carbocycles. The molecular weight excluding hydrogens is 240 g/mol. The summed E-state index contributed by atoms with van der Waals surface area (Å²) < 4.78 is 5.38. The molecule has 0 saturated heterocycles. The lowest BCUT2D eigenvalue weighted by Gasteiger charge is -2.02. The van der Waals surface area contributed by atoms with Gasteiger partial charge in [-0.2, -0.15) is 0 Å². The van der Waals surface area contributed by atoms with Crippen molar-refractivity contribution in [3.05, 3.63) is 0 Å². The highest BCUT2D eigenvalue weighted by molar-refractivity contribution is 9.09. The van der Waals surface area contributed by atoms with E-state index in [2.05, 4.69) is 22.9 Å². The Morgan fingerprint density at radius 2 is 1.36 bits per heavy atom. The first-order valence-electron chi connectivity index (χ1n) is 6.05. The highest BCUT2D eigenvalue weighted by Crippen LogP contribution is 2.08. The summed E-state index contributed by atoms with van der Waals surface area (Å²) >= 11 is 3.34. The van der Waals surface area contributed by atoms with Gasteiger partial charge in [0.15, 0.2) is 0 Å². The third kappa shape index (κ3) is 12.4. The van der Waals surface area contributed by atoms with E-state index in [0.29, 0.717) is 0 Å². The van der Waals surface area contributed by atoms with Crippen molar-refractivity contribution < 1.29 is 4.74 Å². The van der Waals surface area contributed by atoms with Crippen LogP contribution in [0.3, 0.4) is 0 Å². The molecule has 0 aromatic heterocycles. The highest BCUT2D eigenvalue weighted by Gasteiger charge is 1.91. The Hall–Kier alpha value is 0.440. The maximum atomic E-state index is 5.38. The average Bonchev–Trinajstić information content (AvgIpc) is 2.21. The van der Waals surface area contributed by atoms with Gasteiger partial charge in [-0.1, -0.05) is 67.8 Å². The molecule has 0 radical (unpaired) electrons. The lowest BCUT2D eigenvalue weighted by atomic mass is 10.1. The van der Waals surface area contributed by atoms with Gasteiger partial charge in [-0.25, -0.2) is 0 Å². The van der Waals surface area contributed by atoms with E-state index in [4.69, 9.17) is 4.74 Å². The fourth-order valence-electron chi connectivity index (χ4n) is 1.49. The molecule has 0 amide bonds. The lowest BCUT2D eigenvalue weighted by Crippen LogP contribution is -1.97. The number of alkyl halides is 1. The number of hydrogen-bond acceptors (Lipinski definition) is 1. The molecule has 0 bridgehead atoms. The van der Waals surface area contributed by atoms with Gasteiger partial charge in [0.05, 0.1) is 6.61 Å². The summed E-state index contributed by atoms with van der Waals surface area (Å²) in [5.74, 6) is 0. The van der Waals surface area contributed by atoms with E-state index in [0.717, 1.165) is 18.5 Å². The normalized spacial score (nSPS) is 10.7. The van der Waals surface area contributed by atoms with Gasteiger partial charge in [0.25, 0.3) is 0 Å². The zero-order chi connectivity index (χ0) is 10.5. The summed E-state index contributed by atoms with van der Waals surface area (Å²) in [6, 6.07) is 0. The van der Waals surface area contributed by atoms with Crippen LogP contribution in [0.4, 0.5) is 0 Å². The summed E-state index contributed by atoms with van der Waals surface area (Å²) in [6.07, 6.45) is 11.0. The predicted molar refractivity (Wildman–Crippen MR) is 67.2 cm³/mol. The first-order chi connectivity index (χ1) is 6.91. The van der Waals surface area contributed by atoms with E-state index in [1.54, 1.807) is 0 Å². The molecule has 0 fully saturated rings. The molecule has 0 unspecified atom stereocenters. The second-order valence-electron chi connectivity index (χ2n) is 3.78. The fraction of sp³-hybridized carbons (Fsp3) is 1.00. The molecule has 0 spiro atoms. The number of ether oxygens (including phenoxy) is 1. The predicted octanol–water partition coefficient (Wildman–Crippen LogP) is 4.54. The molecule has 0 aromatic carbocycles. The second kappa shape index (κ2) is 13.4. The van der Waals surface area contributed by atoms with Crippen LogP contribution < -0.4 is 0 Å². The van der Waals surface area contributed by atoms with Crippen molar-refractivity contribution in [3.8, 4) is 0 Å². The third-order valence-electron chi connectivity index (χ3n) is 2.36. The van der Waals surface area contributed by atoms with Crippen molar-refractivity contribution in [1.82, 2.24) is 0 Å². The molecule has 2 heteroatoms. The Balaban J connectivity index is 2.78. The van der Waals surface area contributed by atoms with Crippen LogP contribution in [0.2, 0.25) is 0 Å². The average molecular weight is 265 g/mol. The third-order valence-corrected chi connectivity index (χ3v) is 2.69. The maximum Gasteiger partial charge on any atom is 0.0563 e. The van der Waals surface area contributed by atoms with Gasteiger partial charge in [-0.15, -0.1) is 0 Å². The molecule has 0 aliphatic carbocycles. The number of hydrogen-bond donors (Lipinski definition) is 0. The van der Waals surface area contributed by atoms with Crippen LogP contribution in [0.25, 0.3) is 0 Å². The van der Waals surface area contributed by atoms with E-state index >= 15 is 0 Å². The molecule has 0 atom stereocenters. The molecule has 0 aromatic rings. The first-order valence-corrected chi connectivity index (χ1v) is 7.17. The Bertz CT molecular complexity index is 84.3. The summed E-state index contributed by atoms with van der Waals surface area (Å²) in [6.45, 7) is 4.07. The molecular formula is C12H25BrO. The summed E-state index contributed by atoms with van der Waals surface area (Å²) in [5.41, 5.74) is 0. The van der Waals surface area contributed by atoms with E-state index in [1.165, 1.54) is 51.4 Å². The van der Waals surface area contributed by atoms with Gasteiger partial charge in [0, 0.05) is 11.9 Å². The minimum atomic E-state index is 0.858. The van der Waals surface area contributed by atoms with E-state index < -0.39 is 0 Å². The quantitative estimate of drug-likeness (QED) is 0.393. The van der Waals surface area contributed by atoms with Gasteiger partial charge in [0.2, 0.25) is 0 Å². The van der Waals surface area contributed by atoms with Crippen molar-refractivity contribution in [2.45, 2.75) is 58.3 Å². The van der Waals surface area contributed by atoms with Gasteiger partial charge in [-0.3, -0.25) is 0 Å². The molecule has 0 rings (SSSR count). The zero-order valence-corrected chi connectivity index (χ0v) is 11.2. The first kappa shape index (κ1) is 14.4. The Labute approximate surface area is 97.7 Å². The maximum absolute atomic E-state index is 5.38. The van der Waals surface area contributed by atoms with Crippen LogP contribution in [0.1, 0.15) is 58.3 Å². The second-order valence-corrected chi connectivity index (χ2v) is 4.57. The van der Waals surface area contributed by atoms with Crippen LogP contribution in [0, 0.1) is 0 Å². The highest BCUT2D eigenvalue weighted by atomic mass is 79.9. The Morgan fingerprint density at radius 3 is 1.93 bits per heavy atom. The summed E-state index contributed by atoms with van der Waals surface area (Å²) in [5, 5.41) is 0.962. The van der Waals surface area contributed by atoms with Crippen LogP contribution in [-0.4, -0.2) is 18.5 Å². The van der Waals surface area contributed by atoms with Crippen molar-refractivity contribution >= 4 is 15.9 Å². The lowest BCUT2D eigenvalue weighted by molar-refractivity contribution is 0.146. The molecule has 0 aliphatic rings. The number of unbranched alkanes of at least 4 members (excludes halogenated alkanes) is 7. The van der Waals surface area contributed by atoms with Gasteiger partial charge >= 0.3 is 0 Å². The largest absolute Gasteiger partial charge is 0.381 e. The van der Waals surface area contributed by atoms with Crippen LogP contribution in [0.5, 0.6) is 0 Å². The van der Waals surface area contributed by atoms with Crippen LogP contribution in [-0.2, 0) is 4.74 Å². The molecule has 86 valence electrons. The van der Waals surface area contributed by atoms with Gasteiger partial charge in [-0.05, 0) is 6.42 Å². The minimum absolute atomic E-state index is 0.858. The molecule has 0 N–H and O–H groups in total. The fourth-order valence-corrected chi connectivity index (χ4v) is 1.72. The van der Waals surface area contributed by atoms with Gasteiger partial charge in [0.1, 0.15) is 0 Å². The SMILES string of the molecule is CCCCCCCCCCOCCBr.